The summed E-state index contributed by atoms with van der Waals surface area (Å²) in [6.07, 6.45) is 2.55. The number of rotatable bonds is 4. The van der Waals surface area contributed by atoms with Gasteiger partial charge in [0.15, 0.2) is 0 Å². The van der Waals surface area contributed by atoms with Gasteiger partial charge in [-0.25, -0.2) is 4.79 Å². The quantitative estimate of drug-likeness (QED) is 0.285. The molecule has 0 heterocycles. The lowest BCUT2D eigenvalue weighted by atomic mass is 10.5. The van der Waals surface area contributed by atoms with Crippen LogP contribution >= 0.6 is 0 Å². The van der Waals surface area contributed by atoms with E-state index in [2.05, 4.69) is 16.1 Å². The van der Waals surface area contributed by atoms with Crippen LogP contribution in [0.1, 0.15) is 13.8 Å². The molecule has 0 unspecified atom stereocenters. The Labute approximate surface area is 76.8 Å². The Bertz CT molecular complexity index is 240. The van der Waals surface area contributed by atoms with Crippen molar-refractivity contribution in [2.24, 2.45) is 0 Å². The van der Waals surface area contributed by atoms with Gasteiger partial charge in [0.2, 0.25) is 0 Å². The smallest absolute Gasteiger partial charge is 0.334 e. The first-order chi connectivity index (χ1) is 6.06. The molecular weight excluding hydrogens is 172 g/mol. The minimum absolute atomic E-state index is 0.142. The Balaban J connectivity index is 3.98. The van der Waals surface area contributed by atoms with Gasteiger partial charge in [0.25, 0.3) is 0 Å². The highest BCUT2D eigenvalue weighted by atomic mass is 16.5. The molecule has 0 N–H and O–H groups in total. The maximum absolute atomic E-state index is 10.9. The van der Waals surface area contributed by atoms with E-state index in [9.17, 15) is 9.59 Å². The molecule has 0 saturated carbocycles. The summed E-state index contributed by atoms with van der Waals surface area (Å²) < 4.78 is 9.22. The number of allylic oxidation sites excluding steroid dienone is 1. The van der Waals surface area contributed by atoms with Gasteiger partial charge >= 0.3 is 11.9 Å². The fourth-order valence-electron chi connectivity index (χ4n) is 0.605. The van der Waals surface area contributed by atoms with Crippen LogP contribution in [0.3, 0.4) is 0 Å². The lowest BCUT2D eigenvalue weighted by Crippen LogP contribution is -2.03. The van der Waals surface area contributed by atoms with E-state index in [0.29, 0.717) is 0 Å². The van der Waals surface area contributed by atoms with Crippen molar-refractivity contribution in [2.45, 2.75) is 13.8 Å². The summed E-state index contributed by atoms with van der Waals surface area (Å²) in [6.45, 7) is 6.27. The van der Waals surface area contributed by atoms with Crippen molar-refractivity contribution in [3.05, 3.63) is 24.5 Å². The first-order valence-corrected chi connectivity index (χ1v) is 3.70. The molecule has 72 valence electrons. The Morgan fingerprint density at radius 2 is 2.00 bits per heavy atom. The van der Waals surface area contributed by atoms with Crippen LogP contribution in [0.2, 0.25) is 0 Å². The van der Waals surface area contributed by atoms with Crippen LogP contribution in [0.4, 0.5) is 0 Å². The highest BCUT2D eigenvalue weighted by Crippen LogP contribution is 1.96. The Morgan fingerprint density at radius 3 is 2.46 bits per heavy atom. The molecule has 0 aromatic carbocycles. The average molecular weight is 184 g/mol. The van der Waals surface area contributed by atoms with Crippen molar-refractivity contribution in [3.63, 3.8) is 0 Å². The second kappa shape index (κ2) is 5.99. The van der Waals surface area contributed by atoms with E-state index in [1.807, 2.05) is 0 Å². The molecule has 0 rings (SSSR count). The predicted octanol–water partition coefficient (Wildman–Crippen LogP) is 1.18. The molecule has 0 bridgehead atoms. The van der Waals surface area contributed by atoms with E-state index >= 15 is 0 Å². The molecule has 0 fully saturated rings. The Morgan fingerprint density at radius 1 is 1.38 bits per heavy atom. The molecule has 0 spiro atoms. The van der Waals surface area contributed by atoms with E-state index in [0.717, 1.165) is 6.08 Å². The van der Waals surface area contributed by atoms with Gasteiger partial charge in [0.1, 0.15) is 12.4 Å². The number of carbonyl (C=O) groups is 2. The number of hydrogen-bond acceptors (Lipinski definition) is 4. The lowest BCUT2D eigenvalue weighted by Gasteiger charge is -2.00. The van der Waals surface area contributed by atoms with Crippen LogP contribution in [-0.4, -0.2) is 18.5 Å². The molecule has 13 heavy (non-hydrogen) atoms. The van der Waals surface area contributed by atoms with Gasteiger partial charge in [0, 0.05) is 6.92 Å². The number of hydrogen-bond donors (Lipinski definition) is 0. The number of ether oxygens (including phenoxy) is 2. The molecule has 4 nitrogen and oxygen atoms in total. The maximum Gasteiger partial charge on any atom is 0.334 e. The molecule has 0 atom stereocenters. The molecule has 0 aliphatic carbocycles. The van der Waals surface area contributed by atoms with Gasteiger partial charge in [-0.15, -0.1) is 0 Å². The van der Waals surface area contributed by atoms with Crippen molar-refractivity contribution in [2.75, 3.05) is 6.61 Å². The molecule has 0 aromatic heterocycles. The van der Waals surface area contributed by atoms with Crippen LogP contribution < -0.4 is 0 Å². The average Bonchev–Trinajstić information content (AvgIpc) is 1.98. The topological polar surface area (TPSA) is 52.6 Å². The monoisotopic (exact) mass is 184 g/mol. The summed E-state index contributed by atoms with van der Waals surface area (Å²) >= 11 is 0. The third kappa shape index (κ3) is 6.80. The van der Waals surface area contributed by atoms with Crippen LogP contribution in [0.25, 0.3) is 0 Å². The van der Waals surface area contributed by atoms with Crippen LogP contribution in [-0.2, 0) is 19.1 Å². The standard InChI is InChI=1S/C9H12O4/c1-4-5-12-9(11)6-7(2)13-8(3)10/h4,6H,1,5H2,2-3H3/b7-6-. The van der Waals surface area contributed by atoms with E-state index in [-0.39, 0.29) is 12.4 Å². The van der Waals surface area contributed by atoms with Gasteiger partial charge < -0.3 is 9.47 Å². The van der Waals surface area contributed by atoms with Gasteiger partial charge in [-0.1, -0.05) is 12.7 Å². The summed E-state index contributed by atoms with van der Waals surface area (Å²) in [5, 5.41) is 0. The lowest BCUT2D eigenvalue weighted by molar-refractivity contribution is -0.138. The molecule has 0 aliphatic rings. The summed E-state index contributed by atoms with van der Waals surface area (Å²) in [4.78, 5) is 21.3. The van der Waals surface area contributed by atoms with E-state index in [1.165, 1.54) is 19.9 Å². The molecule has 0 aliphatic heterocycles. The molecule has 4 heteroatoms. The number of carbonyl (C=O) groups excluding carboxylic acids is 2. The molecular formula is C9H12O4. The summed E-state index contributed by atoms with van der Waals surface area (Å²) in [7, 11) is 0. The largest absolute Gasteiger partial charge is 0.458 e. The van der Waals surface area contributed by atoms with E-state index < -0.39 is 11.9 Å². The van der Waals surface area contributed by atoms with Crippen molar-refractivity contribution in [1.29, 1.82) is 0 Å². The van der Waals surface area contributed by atoms with Gasteiger partial charge in [0.05, 0.1) is 6.08 Å². The van der Waals surface area contributed by atoms with Crippen LogP contribution in [0, 0.1) is 0 Å². The highest BCUT2D eigenvalue weighted by molar-refractivity contribution is 5.83. The maximum atomic E-state index is 10.9. The minimum atomic E-state index is -0.557. The first-order valence-electron chi connectivity index (χ1n) is 3.70. The minimum Gasteiger partial charge on any atom is -0.458 e. The predicted molar refractivity (Wildman–Crippen MR) is 46.7 cm³/mol. The summed E-state index contributed by atoms with van der Waals surface area (Å²) in [5.74, 6) is -0.814. The SMILES string of the molecule is C=CCOC(=O)/C=C(/C)OC(C)=O. The van der Waals surface area contributed by atoms with Crippen LogP contribution in [0.15, 0.2) is 24.5 Å². The van der Waals surface area contributed by atoms with Crippen molar-refractivity contribution >= 4 is 11.9 Å². The molecule has 0 aromatic rings. The fourth-order valence-corrected chi connectivity index (χ4v) is 0.605. The zero-order chi connectivity index (χ0) is 10.3. The third-order valence-corrected chi connectivity index (χ3v) is 0.969. The van der Waals surface area contributed by atoms with Crippen molar-refractivity contribution in [3.8, 4) is 0 Å². The Kier molecular flexibility index (Phi) is 5.27. The highest BCUT2D eigenvalue weighted by Gasteiger charge is 2.00. The van der Waals surface area contributed by atoms with Crippen LogP contribution in [0.5, 0.6) is 0 Å². The second-order valence-corrected chi connectivity index (χ2v) is 2.27. The summed E-state index contributed by atoms with van der Waals surface area (Å²) in [6, 6.07) is 0. The van der Waals surface area contributed by atoms with Gasteiger partial charge in [-0.3, -0.25) is 4.79 Å². The fraction of sp³-hybridized carbons (Fsp3) is 0.333. The Hall–Kier alpha value is -1.58. The number of esters is 2. The normalized spacial score (nSPS) is 10.5. The van der Waals surface area contributed by atoms with Gasteiger partial charge in [-0.05, 0) is 6.92 Å². The van der Waals surface area contributed by atoms with Crippen molar-refractivity contribution < 1.29 is 19.1 Å². The van der Waals surface area contributed by atoms with Crippen molar-refractivity contribution in [1.82, 2.24) is 0 Å². The second-order valence-electron chi connectivity index (χ2n) is 2.27. The van der Waals surface area contributed by atoms with Gasteiger partial charge in [-0.2, -0.15) is 0 Å². The molecule has 0 radical (unpaired) electrons. The molecule has 0 amide bonds. The van der Waals surface area contributed by atoms with E-state index in [1.54, 1.807) is 0 Å². The zero-order valence-electron chi connectivity index (χ0n) is 7.70. The first kappa shape index (κ1) is 11.4. The zero-order valence-corrected chi connectivity index (χ0v) is 7.70. The third-order valence-electron chi connectivity index (χ3n) is 0.969. The van der Waals surface area contributed by atoms with E-state index in [4.69, 9.17) is 0 Å². The summed E-state index contributed by atoms with van der Waals surface area (Å²) in [5.41, 5.74) is 0. The molecule has 0 saturated heterocycles.